The minimum absolute atomic E-state index is 0.0552. The minimum Gasteiger partial charge on any atom is -0.280 e. The summed E-state index contributed by atoms with van der Waals surface area (Å²) >= 11 is 1.09. The van der Waals surface area contributed by atoms with Crippen molar-refractivity contribution in [3.63, 3.8) is 0 Å². The predicted octanol–water partition coefficient (Wildman–Crippen LogP) is 2.28. The van der Waals surface area contributed by atoms with Crippen molar-refractivity contribution < 1.29 is 12.6 Å². The molecule has 0 aromatic carbocycles. The van der Waals surface area contributed by atoms with Crippen LogP contribution in [0, 0.1) is 5.92 Å². The second kappa shape index (κ2) is 7.79. The van der Waals surface area contributed by atoms with Gasteiger partial charge in [0.05, 0.1) is 16.6 Å². The number of rotatable bonds is 7. The topological polar surface area (TPSA) is 75.6 Å². The van der Waals surface area contributed by atoms with E-state index in [9.17, 15) is 12.6 Å². The Balaban J connectivity index is 2.69. The molecule has 0 saturated carbocycles. The average molecular weight is 341 g/mol. The van der Waals surface area contributed by atoms with E-state index in [2.05, 4.69) is 17.5 Å². The van der Waals surface area contributed by atoms with Crippen molar-refractivity contribution in [1.29, 1.82) is 0 Å². The van der Waals surface area contributed by atoms with Crippen molar-refractivity contribution in [2.24, 2.45) is 11.0 Å². The summed E-state index contributed by atoms with van der Waals surface area (Å²) in [7, 11) is -4.48. The van der Waals surface area contributed by atoms with Gasteiger partial charge in [-0.25, -0.2) is 8.42 Å². The molecule has 1 aliphatic rings. The first kappa shape index (κ1) is 18.0. The highest BCUT2D eigenvalue weighted by molar-refractivity contribution is 8.37. The van der Waals surface area contributed by atoms with E-state index in [1.54, 1.807) is 0 Å². The first-order valence-electron chi connectivity index (χ1n) is 6.93. The number of nitrogens with one attached hydrogen (secondary N) is 1. The molecule has 3 atom stereocenters. The predicted molar refractivity (Wildman–Crippen MR) is 87.7 cm³/mol. The summed E-state index contributed by atoms with van der Waals surface area (Å²) in [5.41, 5.74) is 2.62. The zero-order chi connectivity index (χ0) is 15.3. The average Bonchev–Trinajstić information content (AvgIpc) is 2.83. The Labute approximate surface area is 128 Å². The molecule has 0 saturated heterocycles. The van der Waals surface area contributed by atoms with Crippen molar-refractivity contribution in [2.45, 2.75) is 56.9 Å². The molecule has 0 amide bonds. The molecule has 5 nitrogen and oxygen atoms in total. The van der Waals surface area contributed by atoms with Crippen molar-refractivity contribution >= 4 is 36.8 Å². The standard InChI is InChI=1S/C12H24N2O3S3/c1-5-7-10(6-2)19(15)11-13-14-12(18-11)20(16,17)8-9(3)4/h9-10,12,14H,5-8H2,1-4H3. The van der Waals surface area contributed by atoms with Crippen LogP contribution in [0.3, 0.4) is 0 Å². The summed E-state index contributed by atoms with van der Waals surface area (Å²) in [6.45, 7) is 7.79. The highest BCUT2D eigenvalue weighted by atomic mass is 32.3. The van der Waals surface area contributed by atoms with Gasteiger partial charge in [-0.3, -0.25) is 9.63 Å². The third-order valence-corrected chi connectivity index (χ3v) is 8.96. The van der Waals surface area contributed by atoms with Crippen LogP contribution >= 0.6 is 11.8 Å². The van der Waals surface area contributed by atoms with Gasteiger partial charge in [0.25, 0.3) is 0 Å². The van der Waals surface area contributed by atoms with Gasteiger partial charge in [-0.05, 0) is 18.8 Å². The molecule has 1 heterocycles. The highest BCUT2D eigenvalue weighted by Crippen LogP contribution is 2.28. The third-order valence-electron chi connectivity index (χ3n) is 2.90. The molecule has 8 heteroatoms. The molecule has 0 bridgehead atoms. The lowest BCUT2D eigenvalue weighted by Gasteiger charge is -2.14. The van der Waals surface area contributed by atoms with Gasteiger partial charge in [-0.1, -0.05) is 45.9 Å². The quantitative estimate of drug-likeness (QED) is 0.769. The number of hydrogen-bond acceptors (Lipinski definition) is 6. The maximum atomic E-state index is 12.4. The van der Waals surface area contributed by atoms with Crippen LogP contribution in [-0.4, -0.2) is 32.7 Å². The monoisotopic (exact) mass is 340 g/mol. The van der Waals surface area contributed by atoms with Gasteiger partial charge in [0.15, 0.2) is 18.9 Å². The van der Waals surface area contributed by atoms with Crippen LogP contribution in [0.1, 0.15) is 47.0 Å². The molecule has 1 rings (SSSR count). The Morgan fingerprint density at radius 2 is 2.05 bits per heavy atom. The van der Waals surface area contributed by atoms with E-state index >= 15 is 0 Å². The highest BCUT2D eigenvalue weighted by Gasteiger charge is 2.35. The molecule has 0 fully saturated rings. The molecule has 1 aliphatic heterocycles. The van der Waals surface area contributed by atoms with E-state index in [1.165, 1.54) is 0 Å². The van der Waals surface area contributed by atoms with Crippen LogP contribution in [0.4, 0.5) is 0 Å². The fourth-order valence-electron chi connectivity index (χ4n) is 1.97. The molecule has 0 aromatic heterocycles. The van der Waals surface area contributed by atoms with Gasteiger partial charge >= 0.3 is 0 Å². The number of nitrogens with zero attached hydrogens (tertiary/aromatic N) is 1. The summed E-state index contributed by atoms with van der Waals surface area (Å²) < 4.78 is 36.3. The molecule has 0 aliphatic carbocycles. The fraction of sp³-hybridized carbons (Fsp3) is 0.917. The summed E-state index contributed by atoms with van der Waals surface area (Å²) in [5, 5.41) is 4.05. The Morgan fingerprint density at radius 3 is 2.55 bits per heavy atom. The molecule has 0 spiro atoms. The summed E-state index contributed by atoms with van der Waals surface area (Å²) in [4.78, 5) is 0. The molecule has 0 radical (unpaired) electrons. The van der Waals surface area contributed by atoms with Gasteiger partial charge in [-0.2, -0.15) is 5.10 Å². The molecule has 0 aromatic rings. The van der Waals surface area contributed by atoms with Crippen LogP contribution < -0.4 is 5.43 Å². The van der Waals surface area contributed by atoms with E-state index in [-0.39, 0.29) is 16.9 Å². The van der Waals surface area contributed by atoms with E-state index in [0.29, 0.717) is 4.38 Å². The molecular formula is C12H24N2O3S3. The van der Waals surface area contributed by atoms with Crippen LogP contribution in [0.2, 0.25) is 0 Å². The summed E-state index contributed by atoms with van der Waals surface area (Å²) in [6.07, 6.45) is 2.64. The Hall–Kier alpha value is -0.0800. The number of hydrogen-bond donors (Lipinski definition) is 1. The fourth-order valence-corrected chi connectivity index (χ4v) is 7.22. The van der Waals surface area contributed by atoms with Gasteiger partial charge in [0.2, 0.25) is 0 Å². The van der Waals surface area contributed by atoms with Crippen LogP contribution in [0.15, 0.2) is 5.10 Å². The first-order valence-corrected chi connectivity index (χ1v) is 10.7. The van der Waals surface area contributed by atoms with Gasteiger partial charge in [0.1, 0.15) is 0 Å². The van der Waals surface area contributed by atoms with Crippen LogP contribution in [0.25, 0.3) is 0 Å². The van der Waals surface area contributed by atoms with Crippen molar-refractivity contribution in [1.82, 2.24) is 5.43 Å². The zero-order valence-corrected chi connectivity index (χ0v) is 14.9. The van der Waals surface area contributed by atoms with Crippen LogP contribution in [-0.2, 0) is 20.6 Å². The lowest BCUT2D eigenvalue weighted by molar-refractivity contribution is 0.572. The molecule has 1 N–H and O–H groups in total. The van der Waals surface area contributed by atoms with Crippen molar-refractivity contribution in [3.05, 3.63) is 0 Å². The molecule has 20 heavy (non-hydrogen) atoms. The molecule has 118 valence electrons. The Bertz CT molecular complexity index is 474. The summed E-state index contributed by atoms with van der Waals surface area (Å²) in [6, 6.07) is 0. The smallest absolute Gasteiger partial charge is 0.197 e. The normalized spacial score (nSPS) is 22.4. The molecule has 3 unspecified atom stereocenters. The van der Waals surface area contributed by atoms with E-state index < -0.39 is 25.3 Å². The van der Waals surface area contributed by atoms with Gasteiger partial charge in [-0.15, -0.1) is 0 Å². The second-order valence-electron chi connectivity index (χ2n) is 5.30. The largest absolute Gasteiger partial charge is 0.280 e. The Kier molecular flexibility index (Phi) is 7.00. The number of sulfone groups is 1. The Morgan fingerprint density at radius 1 is 1.40 bits per heavy atom. The number of hydrazone groups is 1. The zero-order valence-electron chi connectivity index (χ0n) is 12.5. The second-order valence-corrected chi connectivity index (χ2v) is 10.7. The summed E-state index contributed by atoms with van der Waals surface area (Å²) in [5.74, 6) is 0.180. The molecular weight excluding hydrogens is 316 g/mol. The third kappa shape index (κ3) is 4.73. The van der Waals surface area contributed by atoms with E-state index in [0.717, 1.165) is 31.0 Å². The van der Waals surface area contributed by atoms with Crippen molar-refractivity contribution in [3.8, 4) is 0 Å². The lowest BCUT2D eigenvalue weighted by Crippen LogP contribution is -2.31. The maximum absolute atomic E-state index is 12.4. The van der Waals surface area contributed by atoms with Crippen LogP contribution in [0.5, 0.6) is 0 Å². The van der Waals surface area contributed by atoms with Gasteiger partial charge < -0.3 is 0 Å². The number of thioether (sulfide) groups is 1. The first-order chi connectivity index (χ1) is 9.31. The minimum atomic E-state index is -3.27. The van der Waals surface area contributed by atoms with Crippen molar-refractivity contribution in [2.75, 3.05) is 5.75 Å². The van der Waals surface area contributed by atoms with E-state index in [4.69, 9.17) is 0 Å². The maximum Gasteiger partial charge on any atom is 0.197 e. The van der Waals surface area contributed by atoms with E-state index in [1.807, 2.05) is 20.8 Å². The SMILES string of the molecule is CCCC(CC)S(=O)C1=NNC(S(=O)(=O)CC(C)C)S1. The van der Waals surface area contributed by atoms with Gasteiger partial charge in [0, 0.05) is 5.25 Å². The lowest BCUT2D eigenvalue weighted by atomic mass is 10.2.